The number of aliphatic hydroxyl groups excluding tert-OH is 1. The molecule has 2 atom stereocenters. The van der Waals surface area contributed by atoms with Crippen molar-refractivity contribution < 1.29 is 5.11 Å². The molecule has 0 saturated carbocycles. The second-order valence-corrected chi connectivity index (χ2v) is 6.70. The summed E-state index contributed by atoms with van der Waals surface area (Å²) in [5, 5.41) is 16.2. The van der Waals surface area contributed by atoms with Gasteiger partial charge in [-0.2, -0.15) is 0 Å². The van der Waals surface area contributed by atoms with Gasteiger partial charge in [-0.1, -0.05) is 42.5 Å². The Morgan fingerprint density at radius 1 is 1.00 bits per heavy atom. The third kappa shape index (κ3) is 5.12. The zero-order valence-electron chi connectivity index (χ0n) is 14.7. The van der Waals surface area contributed by atoms with Crippen LogP contribution in [0.1, 0.15) is 43.4 Å². The summed E-state index contributed by atoms with van der Waals surface area (Å²) in [4.78, 5) is 4.15. The third-order valence-electron chi connectivity index (χ3n) is 4.66. The fraction of sp³-hybridized carbons (Fsp3) is 0.318. The van der Waals surface area contributed by atoms with E-state index in [1.807, 2.05) is 48.8 Å². The fourth-order valence-electron chi connectivity index (χ4n) is 3.10. The molecule has 0 bridgehead atoms. The first kappa shape index (κ1) is 17.6. The van der Waals surface area contributed by atoms with Gasteiger partial charge in [0.2, 0.25) is 0 Å². The molecule has 0 aliphatic rings. The SMILES string of the molecule is C[C@H](CCC[C@H](O)c1ccccc1)NCc1ccc2cnccc2c1. The average Bonchev–Trinajstić information content (AvgIpc) is 2.67. The Balaban J connectivity index is 1.42. The van der Waals surface area contributed by atoms with Crippen LogP contribution in [0.5, 0.6) is 0 Å². The van der Waals surface area contributed by atoms with E-state index in [1.165, 1.54) is 16.3 Å². The lowest BCUT2D eigenvalue weighted by Gasteiger charge is -2.16. The molecule has 0 fully saturated rings. The van der Waals surface area contributed by atoms with Crippen LogP contribution in [0, 0.1) is 0 Å². The second kappa shape index (κ2) is 8.75. The molecule has 0 unspecified atom stereocenters. The van der Waals surface area contributed by atoms with Gasteiger partial charge in [-0.25, -0.2) is 0 Å². The summed E-state index contributed by atoms with van der Waals surface area (Å²) in [7, 11) is 0. The topological polar surface area (TPSA) is 45.1 Å². The van der Waals surface area contributed by atoms with E-state index in [0.717, 1.165) is 31.4 Å². The summed E-state index contributed by atoms with van der Waals surface area (Å²) in [6.07, 6.45) is 6.24. The predicted molar refractivity (Wildman–Crippen MR) is 103 cm³/mol. The smallest absolute Gasteiger partial charge is 0.0790 e. The van der Waals surface area contributed by atoms with E-state index >= 15 is 0 Å². The number of pyridine rings is 1. The molecule has 1 aromatic heterocycles. The number of hydrogen-bond donors (Lipinski definition) is 2. The van der Waals surface area contributed by atoms with Crippen molar-refractivity contribution in [1.29, 1.82) is 0 Å². The number of rotatable bonds is 8. The molecule has 0 spiro atoms. The molecule has 0 aliphatic heterocycles. The lowest BCUT2D eigenvalue weighted by atomic mass is 10.0. The number of aliphatic hydroxyl groups is 1. The zero-order chi connectivity index (χ0) is 17.5. The van der Waals surface area contributed by atoms with Crippen molar-refractivity contribution in [3.05, 3.63) is 78.1 Å². The number of fused-ring (bicyclic) bond motifs is 1. The third-order valence-corrected chi connectivity index (χ3v) is 4.66. The summed E-state index contributed by atoms with van der Waals surface area (Å²) in [6, 6.07) is 18.9. The Labute approximate surface area is 149 Å². The highest BCUT2D eigenvalue weighted by Crippen LogP contribution is 2.19. The van der Waals surface area contributed by atoms with Gasteiger partial charge in [0, 0.05) is 30.4 Å². The minimum absolute atomic E-state index is 0.359. The zero-order valence-corrected chi connectivity index (χ0v) is 14.7. The van der Waals surface area contributed by atoms with Crippen LogP contribution in [0.3, 0.4) is 0 Å². The van der Waals surface area contributed by atoms with Crippen molar-refractivity contribution in [1.82, 2.24) is 10.3 Å². The average molecular weight is 334 g/mol. The molecular formula is C22H26N2O. The molecule has 3 rings (SSSR count). The van der Waals surface area contributed by atoms with E-state index in [4.69, 9.17) is 0 Å². The first-order valence-electron chi connectivity index (χ1n) is 9.01. The molecule has 3 heteroatoms. The van der Waals surface area contributed by atoms with Crippen molar-refractivity contribution in [2.45, 2.75) is 44.9 Å². The van der Waals surface area contributed by atoms with Gasteiger partial charge in [0.15, 0.2) is 0 Å². The molecule has 0 amide bonds. The highest BCUT2D eigenvalue weighted by Gasteiger charge is 2.08. The van der Waals surface area contributed by atoms with Gasteiger partial charge in [-0.05, 0) is 54.8 Å². The normalized spacial score (nSPS) is 13.7. The number of hydrogen-bond acceptors (Lipinski definition) is 3. The standard InChI is InChI=1S/C22H26N2O/c1-17(6-5-9-22(25)19-7-3-2-4-8-19)24-15-18-10-11-21-16-23-13-12-20(21)14-18/h2-4,7-8,10-14,16-17,22,24-25H,5-6,9,15H2,1H3/t17-,22+/m1/s1. The number of nitrogens with zero attached hydrogens (tertiary/aromatic N) is 1. The first-order chi connectivity index (χ1) is 12.2. The first-order valence-corrected chi connectivity index (χ1v) is 9.01. The van der Waals surface area contributed by atoms with Crippen molar-refractivity contribution in [3.8, 4) is 0 Å². The lowest BCUT2D eigenvalue weighted by Crippen LogP contribution is -2.25. The van der Waals surface area contributed by atoms with Crippen molar-refractivity contribution >= 4 is 10.8 Å². The van der Waals surface area contributed by atoms with Crippen LogP contribution < -0.4 is 5.32 Å². The lowest BCUT2D eigenvalue weighted by molar-refractivity contribution is 0.162. The Morgan fingerprint density at radius 3 is 2.68 bits per heavy atom. The molecule has 3 aromatic rings. The maximum absolute atomic E-state index is 10.2. The second-order valence-electron chi connectivity index (χ2n) is 6.70. The summed E-state index contributed by atoms with van der Waals surface area (Å²) in [5.74, 6) is 0. The molecule has 2 N–H and O–H groups in total. The van der Waals surface area contributed by atoms with Gasteiger partial charge in [0.05, 0.1) is 6.10 Å². The Hall–Kier alpha value is -2.23. The summed E-state index contributed by atoms with van der Waals surface area (Å²) < 4.78 is 0. The quantitative estimate of drug-likeness (QED) is 0.632. The number of aromatic nitrogens is 1. The Morgan fingerprint density at radius 2 is 1.84 bits per heavy atom. The van der Waals surface area contributed by atoms with Crippen LogP contribution in [-0.4, -0.2) is 16.1 Å². The molecule has 0 radical (unpaired) electrons. The van der Waals surface area contributed by atoms with Crippen LogP contribution in [0.2, 0.25) is 0 Å². The van der Waals surface area contributed by atoms with Gasteiger partial charge in [0.25, 0.3) is 0 Å². The molecule has 3 nitrogen and oxygen atoms in total. The Bertz CT molecular complexity index is 788. The van der Waals surface area contributed by atoms with Crippen LogP contribution in [0.4, 0.5) is 0 Å². The van der Waals surface area contributed by atoms with Crippen molar-refractivity contribution in [2.75, 3.05) is 0 Å². The molecule has 2 aromatic carbocycles. The monoisotopic (exact) mass is 334 g/mol. The van der Waals surface area contributed by atoms with E-state index in [-0.39, 0.29) is 6.10 Å². The van der Waals surface area contributed by atoms with Crippen LogP contribution in [0.15, 0.2) is 67.0 Å². The van der Waals surface area contributed by atoms with Gasteiger partial charge in [0.1, 0.15) is 0 Å². The molecule has 25 heavy (non-hydrogen) atoms. The van der Waals surface area contributed by atoms with Crippen molar-refractivity contribution in [2.24, 2.45) is 0 Å². The minimum Gasteiger partial charge on any atom is -0.388 e. The summed E-state index contributed by atoms with van der Waals surface area (Å²) >= 11 is 0. The maximum Gasteiger partial charge on any atom is 0.0790 e. The molecular weight excluding hydrogens is 308 g/mol. The number of benzene rings is 2. The molecule has 1 heterocycles. The van der Waals surface area contributed by atoms with Gasteiger partial charge in [-0.3, -0.25) is 4.98 Å². The highest BCUT2D eigenvalue weighted by atomic mass is 16.3. The van der Waals surface area contributed by atoms with Gasteiger partial charge < -0.3 is 10.4 Å². The summed E-state index contributed by atoms with van der Waals surface area (Å²) in [5.41, 5.74) is 2.30. The Kier molecular flexibility index (Phi) is 6.15. The van der Waals surface area contributed by atoms with Crippen LogP contribution in [0.25, 0.3) is 10.8 Å². The molecule has 0 saturated heterocycles. The van der Waals surface area contributed by atoms with E-state index in [9.17, 15) is 5.11 Å². The largest absolute Gasteiger partial charge is 0.388 e. The fourth-order valence-corrected chi connectivity index (χ4v) is 3.10. The highest BCUT2D eigenvalue weighted by molar-refractivity contribution is 5.81. The van der Waals surface area contributed by atoms with E-state index in [1.54, 1.807) is 0 Å². The molecule has 0 aliphatic carbocycles. The van der Waals surface area contributed by atoms with Crippen LogP contribution in [-0.2, 0) is 6.54 Å². The van der Waals surface area contributed by atoms with E-state index in [2.05, 4.69) is 35.4 Å². The van der Waals surface area contributed by atoms with E-state index in [0.29, 0.717) is 6.04 Å². The van der Waals surface area contributed by atoms with Gasteiger partial charge in [-0.15, -0.1) is 0 Å². The predicted octanol–water partition coefficient (Wildman–Crippen LogP) is 4.62. The number of nitrogens with one attached hydrogen (secondary N) is 1. The molecule has 130 valence electrons. The maximum atomic E-state index is 10.2. The minimum atomic E-state index is -0.359. The van der Waals surface area contributed by atoms with Gasteiger partial charge >= 0.3 is 0 Å². The van der Waals surface area contributed by atoms with Crippen LogP contribution >= 0.6 is 0 Å². The van der Waals surface area contributed by atoms with E-state index < -0.39 is 0 Å². The van der Waals surface area contributed by atoms with Crippen molar-refractivity contribution in [3.63, 3.8) is 0 Å². The summed E-state index contributed by atoms with van der Waals surface area (Å²) in [6.45, 7) is 3.07.